The maximum Gasteiger partial charge on any atom is 0.335 e. The molecule has 2 aromatic heterocycles. The molecule has 5 aromatic rings. The van der Waals surface area contributed by atoms with Gasteiger partial charge in [-0.2, -0.15) is 0 Å². The van der Waals surface area contributed by atoms with Crippen LogP contribution in [0.5, 0.6) is 0 Å². The van der Waals surface area contributed by atoms with Crippen LogP contribution in [-0.2, 0) is 0 Å². The number of hydrogen-bond acceptors (Lipinski definition) is 3. The number of fused-ring (bicyclic) bond motifs is 1. The Balaban J connectivity index is 1.72. The summed E-state index contributed by atoms with van der Waals surface area (Å²) in [4.78, 5) is 27.4. The van der Waals surface area contributed by atoms with Gasteiger partial charge in [-0.05, 0) is 77.7 Å². The molecule has 2 heterocycles. The van der Waals surface area contributed by atoms with Crippen molar-refractivity contribution < 1.29 is 14.7 Å². The lowest BCUT2D eigenvalue weighted by Crippen LogP contribution is -2.11. The molecule has 0 unspecified atom stereocenters. The van der Waals surface area contributed by atoms with Gasteiger partial charge in [-0.3, -0.25) is 9.78 Å². The van der Waals surface area contributed by atoms with E-state index in [4.69, 9.17) is 5.73 Å². The Hall–Kier alpha value is -4.71. The molecule has 5 rings (SSSR count). The van der Waals surface area contributed by atoms with E-state index in [0.29, 0.717) is 5.56 Å². The summed E-state index contributed by atoms with van der Waals surface area (Å²) >= 11 is 0. The Morgan fingerprint density at radius 2 is 1.44 bits per heavy atom. The molecule has 0 bridgehead atoms. The highest BCUT2D eigenvalue weighted by Gasteiger charge is 2.17. The average Bonchev–Trinajstić information content (AvgIpc) is 3.23. The van der Waals surface area contributed by atoms with Crippen molar-refractivity contribution in [3.8, 4) is 28.1 Å². The number of nitrogens with two attached hydrogens (primary N) is 1. The zero-order chi connectivity index (χ0) is 23.8. The number of carbonyl (C=O) groups excluding carboxylic acids is 1. The summed E-state index contributed by atoms with van der Waals surface area (Å²) in [5.41, 5.74) is 12.6. The third-order valence-electron chi connectivity index (χ3n) is 5.97. The molecule has 3 aromatic carbocycles. The Morgan fingerprint density at radius 1 is 0.794 bits per heavy atom. The molecule has 0 radical (unpaired) electrons. The van der Waals surface area contributed by atoms with Crippen molar-refractivity contribution in [2.75, 3.05) is 0 Å². The van der Waals surface area contributed by atoms with E-state index in [2.05, 4.69) is 17.1 Å². The van der Waals surface area contributed by atoms with Crippen LogP contribution in [0.4, 0.5) is 0 Å². The topological polar surface area (TPSA) is 98.2 Å². The highest BCUT2D eigenvalue weighted by Crippen LogP contribution is 2.34. The number of rotatable bonds is 5. The molecule has 6 nitrogen and oxygen atoms in total. The summed E-state index contributed by atoms with van der Waals surface area (Å²) in [7, 11) is 0. The lowest BCUT2D eigenvalue weighted by Gasteiger charge is -2.15. The van der Waals surface area contributed by atoms with Crippen LogP contribution in [0.3, 0.4) is 0 Å². The fraction of sp³-hybridized carbons (Fsp3) is 0.0357. The standard InChI is InChI=1S/C28H21N3O3/c1-17-14-22(27(29)32)8-9-24(17)31-25(15-21-6-7-23(28(33)34)16-26(21)31)20-4-2-18(3-5-20)19-10-12-30-13-11-19/h2-16H,1H3,(H2,29,32)(H,33,34). The Kier molecular flexibility index (Phi) is 5.18. The fourth-order valence-corrected chi connectivity index (χ4v) is 4.24. The summed E-state index contributed by atoms with van der Waals surface area (Å²) in [6.45, 7) is 1.91. The van der Waals surface area contributed by atoms with Crippen molar-refractivity contribution in [1.29, 1.82) is 0 Å². The smallest absolute Gasteiger partial charge is 0.335 e. The van der Waals surface area contributed by atoms with E-state index in [1.54, 1.807) is 36.7 Å². The first kappa shape index (κ1) is 21.2. The first-order valence-corrected chi connectivity index (χ1v) is 10.7. The summed E-state index contributed by atoms with van der Waals surface area (Å²) in [6.07, 6.45) is 3.53. The monoisotopic (exact) mass is 447 g/mol. The van der Waals surface area contributed by atoms with Gasteiger partial charge >= 0.3 is 5.97 Å². The van der Waals surface area contributed by atoms with Crippen molar-refractivity contribution in [2.24, 2.45) is 5.73 Å². The van der Waals surface area contributed by atoms with E-state index in [1.807, 2.05) is 54.0 Å². The molecule has 6 heteroatoms. The highest BCUT2D eigenvalue weighted by atomic mass is 16.4. The minimum Gasteiger partial charge on any atom is -0.478 e. The van der Waals surface area contributed by atoms with Gasteiger partial charge in [-0.25, -0.2) is 4.79 Å². The van der Waals surface area contributed by atoms with Gasteiger partial charge in [0.1, 0.15) is 0 Å². The van der Waals surface area contributed by atoms with Crippen LogP contribution in [-0.4, -0.2) is 26.5 Å². The van der Waals surface area contributed by atoms with E-state index in [-0.39, 0.29) is 5.56 Å². The number of carboxylic acids is 1. The fourth-order valence-electron chi connectivity index (χ4n) is 4.24. The van der Waals surface area contributed by atoms with Crippen LogP contribution >= 0.6 is 0 Å². The number of benzene rings is 3. The second-order valence-corrected chi connectivity index (χ2v) is 8.12. The van der Waals surface area contributed by atoms with E-state index < -0.39 is 11.9 Å². The minimum atomic E-state index is -0.987. The number of nitrogens with zero attached hydrogens (tertiary/aromatic N) is 2. The third kappa shape index (κ3) is 3.71. The Morgan fingerprint density at radius 3 is 2.09 bits per heavy atom. The predicted octanol–water partition coefficient (Wildman–Crippen LogP) is 5.47. The molecule has 0 aliphatic rings. The zero-order valence-electron chi connectivity index (χ0n) is 18.4. The average molecular weight is 447 g/mol. The number of carboxylic acid groups (broad SMARTS) is 1. The maximum absolute atomic E-state index is 11.7. The van der Waals surface area contributed by atoms with Crippen LogP contribution in [0.2, 0.25) is 0 Å². The van der Waals surface area contributed by atoms with Crippen LogP contribution in [0.1, 0.15) is 26.3 Å². The highest BCUT2D eigenvalue weighted by molar-refractivity contribution is 5.97. The van der Waals surface area contributed by atoms with Gasteiger partial charge in [0, 0.05) is 29.0 Å². The Bertz CT molecular complexity index is 1550. The first-order valence-electron chi connectivity index (χ1n) is 10.7. The number of aromatic carboxylic acids is 1. The lowest BCUT2D eigenvalue weighted by molar-refractivity contribution is 0.0696. The molecule has 0 atom stereocenters. The molecule has 34 heavy (non-hydrogen) atoms. The molecular formula is C28H21N3O3. The van der Waals surface area contributed by atoms with Crippen LogP contribution in [0.25, 0.3) is 39.0 Å². The second kappa shape index (κ2) is 8.33. The van der Waals surface area contributed by atoms with E-state index in [0.717, 1.165) is 44.5 Å². The van der Waals surface area contributed by atoms with Crippen molar-refractivity contribution in [3.05, 3.63) is 108 Å². The number of aromatic nitrogens is 2. The van der Waals surface area contributed by atoms with Gasteiger partial charge < -0.3 is 15.4 Å². The minimum absolute atomic E-state index is 0.206. The van der Waals surface area contributed by atoms with Crippen LogP contribution in [0.15, 0.2) is 91.3 Å². The molecule has 0 aliphatic heterocycles. The second-order valence-electron chi connectivity index (χ2n) is 8.12. The van der Waals surface area contributed by atoms with Crippen molar-refractivity contribution >= 4 is 22.8 Å². The summed E-state index contributed by atoms with van der Waals surface area (Å²) < 4.78 is 2.03. The maximum atomic E-state index is 11.7. The molecule has 0 saturated carbocycles. The molecule has 0 saturated heterocycles. The summed E-state index contributed by atoms with van der Waals surface area (Å²) in [5, 5.41) is 10.5. The quantitative estimate of drug-likeness (QED) is 0.373. The van der Waals surface area contributed by atoms with E-state index in [9.17, 15) is 14.7 Å². The number of hydrogen-bond donors (Lipinski definition) is 2. The molecule has 3 N–H and O–H groups in total. The molecule has 0 fully saturated rings. The lowest BCUT2D eigenvalue weighted by atomic mass is 10.0. The van der Waals surface area contributed by atoms with Gasteiger partial charge in [-0.15, -0.1) is 0 Å². The third-order valence-corrected chi connectivity index (χ3v) is 5.97. The van der Waals surface area contributed by atoms with E-state index in [1.165, 1.54) is 0 Å². The van der Waals surface area contributed by atoms with Gasteiger partial charge in [0.05, 0.1) is 16.8 Å². The predicted molar refractivity (Wildman–Crippen MR) is 132 cm³/mol. The normalized spacial score (nSPS) is 11.0. The Labute approximate surface area is 195 Å². The molecule has 1 amide bonds. The first-order chi connectivity index (χ1) is 16.4. The molecule has 0 aliphatic carbocycles. The number of pyridine rings is 1. The van der Waals surface area contributed by atoms with Crippen LogP contribution < -0.4 is 5.73 Å². The molecule has 166 valence electrons. The molecular weight excluding hydrogens is 426 g/mol. The number of carbonyl (C=O) groups is 2. The van der Waals surface area contributed by atoms with Gasteiger partial charge in [-0.1, -0.05) is 30.3 Å². The number of aryl methyl sites for hydroxylation is 1. The van der Waals surface area contributed by atoms with Crippen LogP contribution in [0, 0.1) is 6.92 Å². The number of amides is 1. The summed E-state index contributed by atoms with van der Waals surface area (Å²) in [5.74, 6) is -1.48. The zero-order valence-corrected chi connectivity index (χ0v) is 18.4. The number of primary amides is 1. The van der Waals surface area contributed by atoms with Gasteiger partial charge in [0.2, 0.25) is 5.91 Å². The van der Waals surface area contributed by atoms with Crippen molar-refractivity contribution in [2.45, 2.75) is 6.92 Å². The summed E-state index contributed by atoms with van der Waals surface area (Å²) in [6, 6.07) is 24.6. The van der Waals surface area contributed by atoms with Gasteiger partial charge in [0.25, 0.3) is 0 Å². The SMILES string of the molecule is Cc1cc(C(N)=O)ccc1-n1c(-c2ccc(-c3ccncc3)cc2)cc2ccc(C(=O)O)cc21. The van der Waals surface area contributed by atoms with E-state index >= 15 is 0 Å². The molecule has 0 spiro atoms. The van der Waals surface area contributed by atoms with Gasteiger partial charge in [0.15, 0.2) is 0 Å². The largest absolute Gasteiger partial charge is 0.478 e. The van der Waals surface area contributed by atoms with Crippen molar-refractivity contribution in [1.82, 2.24) is 9.55 Å². The van der Waals surface area contributed by atoms with Crippen molar-refractivity contribution in [3.63, 3.8) is 0 Å².